The van der Waals surface area contributed by atoms with Gasteiger partial charge < -0.3 is 18.3 Å². The molecule has 0 aliphatic rings. The van der Waals surface area contributed by atoms with Crippen LogP contribution in [-0.4, -0.2) is 18.3 Å². The van der Waals surface area contributed by atoms with E-state index in [1.807, 2.05) is 11.3 Å². The number of benzene rings is 11. The number of hydrogen-bond donors (Lipinski definition) is 0. The lowest BCUT2D eigenvalue weighted by Gasteiger charge is -2.27. The van der Waals surface area contributed by atoms with Crippen LogP contribution in [0, 0.1) is 31.8 Å². The molecule has 0 spiro atoms. The highest BCUT2D eigenvalue weighted by Crippen LogP contribution is 2.54. The minimum atomic E-state index is -0.154. The average molecular weight is 1090 g/mol. The highest BCUT2D eigenvalue weighted by Gasteiger charge is 2.36. The van der Waals surface area contributed by atoms with Crippen molar-refractivity contribution in [3.8, 4) is 28.8 Å². The van der Waals surface area contributed by atoms with Crippen LogP contribution >= 0.6 is 22.7 Å². The smallest absolute Gasteiger partial charge is 0.237 e. The highest BCUT2D eigenvalue weighted by atomic mass is 32.1. The van der Waals surface area contributed by atoms with Gasteiger partial charge in [0.1, 0.15) is 6.07 Å². The molecule has 6 aromatic heterocycles. The topological polar surface area (TPSA) is 47.9 Å². The van der Waals surface area contributed by atoms with Crippen LogP contribution in [0.5, 0.6) is 0 Å². The van der Waals surface area contributed by atoms with Crippen LogP contribution in [0.15, 0.2) is 200 Å². The summed E-state index contributed by atoms with van der Waals surface area (Å²) in [5, 5.41) is 26.3. The number of aromatic nitrogens is 4. The minimum Gasteiger partial charge on any atom is -0.317 e. The molecule has 6 heterocycles. The van der Waals surface area contributed by atoms with E-state index in [4.69, 9.17) is 4.85 Å². The molecule has 0 atom stereocenters. The van der Waals surface area contributed by atoms with Gasteiger partial charge in [-0.05, 0) is 96.6 Å². The summed E-state index contributed by atoms with van der Waals surface area (Å²) in [7, 11) is 0. The van der Waals surface area contributed by atoms with Crippen molar-refractivity contribution < 1.29 is 0 Å². The molecule has 8 heteroatoms. The molecule has 17 rings (SSSR count). The van der Waals surface area contributed by atoms with Gasteiger partial charge in [0.25, 0.3) is 0 Å². The van der Waals surface area contributed by atoms with Crippen molar-refractivity contribution in [2.75, 3.05) is 0 Å². The van der Waals surface area contributed by atoms with E-state index in [9.17, 15) is 11.8 Å². The second-order valence-electron chi connectivity index (χ2n) is 23.1. The van der Waals surface area contributed by atoms with Crippen LogP contribution in [0.25, 0.3) is 155 Å². The number of thiophene rings is 2. The molecule has 0 unspecified atom stereocenters. The summed E-state index contributed by atoms with van der Waals surface area (Å²) < 4.78 is 14.1. The normalized spacial score (nSPS) is 12.4. The number of fused-ring (bicyclic) bond motifs is 20. The predicted octanol–water partition coefficient (Wildman–Crippen LogP) is 21.1. The first-order valence-corrected chi connectivity index (χ1v) is 29.5. The lowest BCUT2D eigenvalue weighted by molar-refractivity contribution is 0.591. The van der Waals surface area contributed by atoms with E-state index in [2.05, 4.69) is 259 Å². The van der Waals surface area contributed by atoms with Crippen molar-refractivity contribution in [3.63, 3.8) is 0 Å². The number of hydrogen-bond acceptors (Lipinski definition) is 3. The van der Waals surface area contributed by atoms with Crippen LogP contribution in [0.1, 0.15) is 43.0 Å². The van der Waals surface area contributed by atoms with Crippen molar-refractivity contribution >= 4 is 156 Å². The van der Waals surface area contributed by atoms with Crippen molar-refractivity contribution in [1.29, 1.82) is 5.26 Å². The summed E-state index contributed by atoms with van der Waals surface area (Å²) in [6.45, 7) is 21.3. The molecule has 0 saturated carbocycles. The van der Waals surface area contributed by atoms with Gasteiger partial charge in [-0.1, -0.05) is 160 Å². The zero-order chi connectivity index (χ0) is 55.0. The van der Waals surface area contributed by atoms with Gasteiger partial charge in [-0.3, -0.25) is 0 Å². The highest BCUT2D eigenvalue weighted by molar-refractivity contribution is 7.27. The first-order chi connectivity index (χ1) is 40.1. The van der Waals surface area contributed by atoms with E-state index in [0.717, 1.165) is 119 Å². The fraction of sp³-hybridized carbons (Fsp3) is 0.0811. The summed E-state index contributed by atoms with van der Waals surface area (Å²) in [6, 6.07) is 75.6. The molecule has 11 aromatic carbocycles. The lowest BCUT2D eigenvalue weighted by atomic mass is 9.86. The van der Waals surface area contributed by atoms with Gasteiger partial charge in [-0.2, -0.15) is 5.26 Å². The zero-order valence-corrected chi connectivity index (χ0v) is 47.2. The van der Waals surface area contributed by atoms with Crippen molar-refractivity contribution in [1.82, 2.24) is 18.3 Å². The van der Waals surface area contributed by atoms with Gasteiger partial charge in [-0.15, -0.1) is 22.7 Å². The van der Waals surface area contributed by atoms with Gasteiger partial charge in [0, 0.05) is 74.0 Å². The minimum absolute atomic E-state index is 0.154. The van der Waals surface area contributed by atoms with Crippen LogP contribution in [0.3, 0.4) is 0 Å². The van der Waals surface area contributed by atoms with Gasteiger partial charge in [0.2, 0.25) is 5.69 Å². The Kier molecular flexibility index (Phi) is 9.61. The fourth-order valence-corrected chi connectivity index (χ4v) is 16.3. The summed E-state index contributed by atoms with van der Waals surface area (Å²) in [6.07, 6.45) is 0. The standard InChI is InChI=1S/C74H48N6S2/c1-41-37-54-50-32-34-53-49-24-12-18-30-64(49)82-73(53)69(50)80(62(54)38-42(41)2)66-56(40-75)67(77-57-25-13-7-19-44(57)45-20-8-14-26-58(45)77)71(70(65(66)76-6)78-59-27-15-9-21-46(59)47-22-10-16-28-60(47)78)79-61-36-31-43(74(3,4)5)39-55(61)51-33-35-52-48-23-11-17-29-63(48)81-72(52)68(51)79/h7-39H,1-5H3. The van der Waals surface area contributed by atoms with E-state index in [1.165, 1.54) is 31.3 Å². The number of nitriles is 1. The van der Waals surface area contributed by atoms with E-state index < -0.39 is 0 Å². The maximum Gasteiger partial charge on any atom is 0.237 e. The quantitative estimate of drug-likeness (QED) is 0.162. The first-order valence-electron chi connectivity index (χ1n) is 27.8. The SMILES string of the molecule is [C-]#[N+]c1c(-n2c3ccccc3c3ccccc32)c(-n2c3ccc(C(C)(C)C)cc3c3ccc4c5ccccc5sc4c32)c(-n2c3ccccc3c3ccccc32)c(C#N)c1-n1c2cc(C)c(C)cc2c2ccc3c4ccccc4sc3c21. The van der Waals surface area contributed by atoms with Crippen molar-refractivity contribution in [3.05, 3.63) is 234 Å². The molecule has 0 N–H and O–H groups in total. The third kappa shape index (κ3) is 6.15. The van der Waals surface area contributed by atoms with Gasteiger partial charge in [0.05, 0.1) is 88.4 Å². The largest absolute Gasteiger partial charge is 0.317 e. The molecule has 0 radical (unpaired) electrons. The molecule has 386 valence electrons. The second-order valence-corrected chi connectivity index (χ2v) is 25.2. The van der Waals surface area contributed by atoms with E-state index in [0.29, 0.717) is 28.3 Å². The third-order valence-electron chi connectivity index (χ3n) is 17.7. The Labute approximate surface area is 479 Å². The Balaban J connectivity index is 1.22. The van der Waals surface area contributed by atoms with Gasteiger partial charge in [-0.25, -0.2) is 4.85 Å². The fourth-order valence-electron chi connectivity index (χ4n) is 13.8. The van der Waals surface area contributed by atoms with Gasteiger partial charge in [0.15, 0.2) is 0 Å². The molecule has 0 fully saturated rings. The van der Waals surface area contributed by atoms with Crippen LogP contribution in [0.4, 0.5) is 5.69 Å². The van der Waals surface area contributed by atoms with Crippen molar-refractivity contribution in [2.24, 2.45) is 0 Å². The Morgan fingerprint density at radius 1 is 0.390 bits per heavy atom. The van der Waals surface area contributed by atoms with Gasteiger partial charge >= 0.3 is 0 Å². The third-order valence-corrected chi connectivity index (χ3v) is 20.1. The molecular formula is C74H48N6S2. The number of para-hydroxylation sites is 4. The summed E-state index contributed by atoms with van der Waals surface area (Å²) in [4.78, 5) is 4.94. The molecule has 6 nitrogen and oxygen atoms in total. The Morgan fingerprint density at radius 3 is 1.29 bits per heavy atom. The molecule has 0 saturated heterocycles. The first kappa shape index (κ1) is 46.9. The Morgan fingerprint density at radius 2 is 0.805 bits per heavy atom. The number of rotatable bonds is 4. The van der Waals surface area contributed by atoms with Crippen LogP contribution in [0.2, 0.25) is 0 Å². The molecular weight excluding hydrogens is 1040 g/mol. The maximum absolute atomic E-state index is 12.9. The molecule has 0 amide bonds. The van der Waals surface area contributed by atoms with Crippen LogP contribution in [-0.2, 0) is 5.41 Å². The molecule has 17 aromatic rings. The van der Waals surface area contributed by atoms with E-state index in [1.54, 1.807) is 11.3 Å². The number of nitrogens with zero attached hydrogens (tertiary/aromatic N) is 6. The van der Waals surface area contributed by atoms with Crippen LogP contribution < -0.4 is 0 Å². The molecule has 0 aliphatic heterocycles. The van der Waals surface area contributed by atoms with E-state index in [-0.39, 0.29) is 5.41 Å². The lowest BCUT2D eigenvalue weighted by Crippen LogP contribution is -2.15. The zero-order valence-electron chi connectivity index (χ0n) is 45.6. The van der Waals surface area contributed by atoms with Crippen molar-refractivity contribution in [2.45, 2.75) is 40.0 Å². The monoisotopic (exact) mass is 1080 g/mol. The second kappa shape index (κ2) is 16.8. The Bertz CT molecular complexity index is 5550. The molecule has 82 heavy (non-hydrogen) atoms. The summed E-state index contributed by atoms with van der Waals surface area (Å²) in [5.41, 5.74) is 14.6. The average Bonchev–Trinajstić information content (AvgIpc) is 2.12. The predicted molar refractivity (Wildman–Crippen MR) is 349 cm³/mol. The maximum atomic E-state index is 12.9. The van der Waals surface area contributed by atoms with E-state index >= 15 is 0 Å². The summed E-state index contributed by atoms with van der Waals surface area (Å²) >= 11 is 3.58. The summed E-state index contributed by atoms with van der Waals surface area (Å²) in [5.74, 6) is 0. The molecule has 0 bridgehead atoms. The molecule has 0 aliphatic carbocycles. The number of aryl methyl sites for hydroxylation is 2. The Hall–Kier alpha value is -9.96.